The van der Waals surface area contributed by atoms with Gasteiger partial charge in [-0.15, -0.1) is 0 Å². The third-order valence-corrected chi connectivity index (χ3v) is 5.63. The van der Waals surface area contributed by atoms with Crippen molar-refractivity contribution in [3.8, 4) is 0 Å². The van der Waals surface area contributed by atoms with Crippen LogP contribution in [0, 0.1) is 13.8 Å². The number of nitrogens with zero attached hydrogens (tertiary/aromatic N) is 2. The second-order valence-corrected chi connectivity index (χ2v) is 8.18. The highest BCUT2D eigenvalue weighted by Crippen LogP contribution is 2.20. The lowest BCUT2D eigenvalue weighted by Gasteiger charge is -2.19. The van der Waals surface area contributed by atoms with Crippen molar-refractivity contribution in [2.75, 3.05) is 5.32 Å². The third kappa shape index (κ3) is 4.92. The maximum absolute atomic E-state index is 13.3. The van der Waals surface area contributed by atoms with Crippen LogP contribution in [-0.4, -0.2) is 27.4 Å². The first-order chi connectivity index (χ1) is 15.8. The van der Waals surface area contributed by atoms with Crippen molar-refractivity contribution in [1.82, 2.24) is 20.2 Å². The van der Waals surface area contributed by atoms with Gasteiger partial charge in [0, 0.05) is 18.7 Å². The maximum atomic E-state index is 13.3. The van der Waals surface area contributed by atoms with Crippen LogP contribution in [0.4, 0.5) is 10.5 Å². The van der Waals surface area contributed by atoms with Gasteiger partial charge in [-0.1, -0.05) is 18.2 Å². The topological polar surface area (TPSA) is 122 Å². The Morgan fingerprint density at radius 1 is 1.15 bits per heavy atom. The largest absolute Gasteiger partial charge is 0.334 e. The summed E-state index contributed by atoms with van der Waals surface area (Å²) in [6, 6.07) is 11.5. The van der Waals surface area contributed by atoms with E-state index in [0.29, 0.717) is 35.3 Å². The number of anilines is 1. The maximum Gasteiger partial charge on any atom is 0.319 e. The number of hydrogen-bond donors (Lipinski definition) is 3. The van der Waals surface area contributed by atoms with E-state index >= 15 is 0 Å². The highest BCUT2D eigenvalue weighted by molar-refractivity contribution is 5.98. The molecule has 170 valence electrons. The molecule has 3 N–H and O–H groups in total. The Morgan fingerprint density at radius 3 is 2.76 bits per heavy atom. The fourth-order valence-corrected chi connectivity index (χ4v) is 4.03. The number of rotatable bonds is 4. The summed E-state index contributed by atoms with van der Waals surface area (Å²) < 4.78 is 1.36. The summed E-state index contributed by atoms with van der Waals surface area (Å²) in [5.41, 5.74) is 2.60. The van der Waals surface area contributed by atoms with Crippen LogP contribution in [0.3, 0.4) is 0 Å². The summed E-state index contributed by atoms with van der Waals surface area (Å²) >= 11 is 0. The lowest BCUT2D eigenvalue weighted by molar-refractivity contribution is -0.131. The molecule has 0 saturated carbocycles. The van der Waals surface area contributed by atoms with Crippen molar-refractivity contribution in [1.29, 1.82) is 0 Å². The predicted molar refractivity (Wildman–Crippen MR) is 124 cm³/mol. The molecule has 1 fully saturated rings. The molecule has 9 nitrogen and oxygen atoms in total. The molecule has 1 atom stereocenters. The zero-order valence-corrected chi connectivity index (χ0v) is 18.5. The standard InChI is InChI=1S/C24H25N5O4/c1-14-5-3-6-17(11-14)27-24(33)25-13-16-9-10-19-18(12-16)23(32)29(15(2)26-19)20-7-4-8-21(30)28-22(20)31/h3,5-6,9-12,20H,4,7-8,13H2,1-2H3,(H2,25,27,33)(H,28,30,31). The summed E-state index contributed by atoms with van der Waals surface area (Å²) in [7, 11) is 0. The Hall–Kier alpha value is -4.01. The molecule has 33 heavy (non-hydrogen) atoms. The SMILES string of the molecule is Cc1cccc(NC(=O)NCc2ccc3nc(C)n(C4CCCC(=O)NC4=O)c(=O)c3c2)c1. The van der Waals surface area contributed by atoms with Crippen LogP contribution in [0.25, 0.3) is 10.9 Å². The van der Waals surface area contributed by atoms with Crippen LogP contribution < -0.4 is 21.5 Å². The van der Waals surface area contributed by atoms with E-state index in [2.05, 4.69) is 20.9 Å². The molecular formula is C24H25N5O4. The number of urea groups is 1. The van der Waals surface area contributed by atoms with Crippen LogP contribution in [0.2, 0.25) is 0 Å². The van der Waals surface area contributed by atoms with E-state index in [0.717, 1.165) is 11.1 Å². The predicted octanol–water partition coefficient (Wildman–Crippen LogP) is 2.70. The highest BCUT2D eigenvalue weighted by atomic mass is 16.2. The monoisotopic (exact) mass is 447 g/mol. The summed E-state index contributed by atoms with van der Waals surface area (Å²) in [6.07, 6.45) is 1.13. The van der Waals surface area contributed by atoms with Gasteiger partial charge in [0.2, 0.25) is 11.8 Å². The number of aryl methyl sites for hydroxylation is 2. The van der Waals surface area contributed by atoms with Gasteiger partial charge in [-0.2, -0.15) is 0 Å². The van der Waals surface area contributed by atoms with Gasteiger partial charge in [-0.25, -0.2) is 9.78 Å². The first-order valence-corrected chi connectivity index (χ1v) is 10.8. The number of imide groups is 1. The van der Waals surface area contributed by atoms with E-state index < -0.39 is 11.9 Å². The molecule has 2 heterocycles. The molecule has 0 bridgehead atoms. The Balaban J connectivity index is 1.56. The van der Waals surface area contributed by atoms with E-state index in [1.165, 1.54) is 4.57 Å². The quantitative estimate of drug-likeness (QED) is 0.531. The second-order valence-electron chi connectivity index (χ2n) is 8.18. The first-order valence-electron chi connectivity index (χ1n) is 10.8. The number of carbonyl (C=O) groups is 3. The number of carbonyl (C=O) groups excluding carboxylic acids is 3. The Bertz CT molecular complexity index is 1310. The molecule has 0 aliphatic carbocycles. The van der Waals surface area contributed by atoms with E-state index in [4.69, 9.17) is 0 Å². The number of nitrogens with one attached hydrogen (secondary N) is 3. The summed E-state index contributed by atoms with van der Waals surface area (Å²) in [4.78, 5) is 54.2. The van der Waals surface area contributed by atoms with E-state index in [1.54, 1.807) is 31.2 Å². The minimum Gasteiger partial charge on any atom is -0.334 e. The third-order valence-electron chi connectivity index (χ3n) is 5.63. The van der Waals surface area contributed by atoms with Crippen LogP contribution in [0.5, 0.6) is 0 Å². The highest BCUT2D eigenvalue weighted by Gasteiger charge is 2.28. The smallest absolute Gasteiger partial charge is 0.319 e. The van der Waals surface area contributed by atoms with Gasteiger partial charge in [0.25, 0.3) is 5.56 Å². The number of aromatic nitrogens is 2. The molecule has 3 aromatic rings. The lowest BCUT2D eigenvalue weighted by atomic mass is 10.1. The summed E-state index contributed by atoms with van der Waals surface area (Å²) in [6.45, 7) is 3.82. The van der Waals surface area contributed by atoms with Gasteiger partial charge in [0.05, 0.1) is 10.9 Å². The number of hydrogen-bond acceptors (Lipinski definition) is 5. The van der Waals surface area contributed by atoms with E-state index in [-0.39, 0.29) is 30.5 Å². The van der Waals surface area contributed by atoms with Crippen LogP contribution in [0.1, 0.15) is 42.3 Å². The molecule has 1 unspecified atom stereocenters. The molecule has 0 spiro atoms. The van der Waals surface area contributed by atoms with Crippen LogP contribution in [0.15, 0.2) is 47.3 Å². The summed E-state index contributed by atoms with van der Waals surface area (Å²) in [5, 5.41) is 8.24. The van der Waals surface area contributed by atoms with E-state index in [1.807, 2.05) is 25.1 Å². The Morgan fingerprint density at radius 2 is 1.97 bits per heavy atom. The van der Waals surface area contributed by atoms with Gasteiger partial charge in [-0.05, 0) is 62.1 Å². The second kappa shape index (κ2) is 9.23. The minimum absolute atomic E-state index is 0.208. The van der Waals surface area contributed by atoms with Crippen molar-refractivity contribution in [3.05, 3.63) is 69.8 Å². The number of benzene rings is 2. The minimum atomic E-state index is -0.789. The fraction of sp³-hybridized carbons (Fsp3) is 0.292. The molecule has 1 aliphatic heterocycles. The average molecular weight is 447 g/mol. The van der Waals surface area contributed by atoms with Crippen molar-refractivity contribution >= 4 is 34.4 Å². The molecular weight excluding hydrogens is 422 g/mol. The molecule has 1 aromatic heterocycles. The molecule has 4 rings (SSSR count). The molecule has 4 amide bonds. The van der Waals surface area contributed by atoms with Crippen LogP contribution in [-0.2, 0) is 16.1 Å². The van der Waals surface area contributed by atoms with Crippen molar-refractivity contribution < 1.29 is 14.4 Å². The zero-order chi connectivity index (χ0) is 23.5. The normalized spacial score (nSPS) is 16.2. The van der Waals surface area contributed by atoms with Crippen molar-refractivity contribution in [2.24, 2.45) is 0 Å². The van der Waals surface area contributed by atoms with Gasteiger partial charge in [0.1, 0.15) is 11.9 Å². The number of amides is 4. The van der Waals surface area contributed by atoms with Gasteiger partial charge >= 0.3 is 6.03 Å². The Labute approximate surface area is 190 Å². The average Bonchev–Trinajstić information content (AvgIpc) is 2.92. The molecule has 9 heteroatoms. The first kappa shape index (κ1) is 22.2. The summed E-state index contributed by atoms with van der Waals surface area (Å²) in [5.74, 6) is -0.417. The molecule has 0 radical (unpaired) electrons. The van der Waals surface area contributed by atoms with Gasteiger partial charge in [0.15, 0.2) is 0 Å². The fourth-order valence-electron chi connectivity index (χ4n) is 4.03. The lowest BCUT2D eigenvalue weighted by Crippen LogP contribution is -2.39. The van der Waals surface area contributed by atoms with Gasteiger partial charge < -0.3 is 10.6 Å². The molecule has 2 aromatic carbocycles. The number of fused-ring (bicyclic) bond motifs is 1. The Kier molecular flexibility index (Phi) is 6.21. The van der Waals surface area contributed by atoms with Crippen molar-refractivity contribution in [3.63, 3.8) is 0 Å². The van der Waals surface area contributed by atoms with Crippen molar-refractivity contribution in [2.45, 2.75) is 45.7 Å². The molecule has 1 saturated heterocycles. The molecule has 1 aliphatic rings. The van der Waals surface area contributed by atoms with E-state index in [9.17, 15) is 19.2 Å². The van der Waals surface area contributed by atoms with Crippen LogP contribution >= 0.6 is 0 Å². The zero-order valence-electron chi connectivity index (χ0n) is 18.5. The van der Waals surface area contributed by atoms with Gasteiger partial charge in [-0.3, -0.25) is 24.3 Å².